The van der Waals surface area contributed by atoms with Gasteiger partial charge < -0.3 is 89.9 Å². The standard InChI is InChI=1S/C69H119NO18/c1-3-5-7-9-10-11-12-13-14-15-16-17-18-19-20-21-22-23-24-25-26-27-28-29-30-31-32-33-34-35-36-37-38-39-40-41-42-43-45-47-57(75)70-52(53(74)46-44-8-6-4-2)51-83-67-63(81)60(78)65(55(49-72)85-67)88-69-64(82)61(79)66(56(50-73)86-69)87-68-62(80)59(77)58(76)54(48-71)84-68/h5,7,10-11,13-14,16-17,19-20,22-23,25-26,52-56,58-69,71-74,76-82H,3-4,6,8-9,12,15,18,21,24,27-51H2,1-2H3,(H,70,75)/b7-5-,11-10-,14-13-,17-16-,20-19-,23-22-,26-25-. The van der Waals surface area contributed by atoms with E-state index < -0.39 is 124 Å². The molecule has 3 saturated heterocycles. The van der Waals surface area contributed by atoms with Crippen molar-refractivity contribution in [2.75, 3.05) is 26.4 Å². The summed E-state index contributed by atoms with van der Waals surface area (Å²) in [5.41, 5.74) is 0. The number of carbonyl (C=O) groups is 1. The number of ether oxygens (including phenoxy) is 6. The third kappa shape index (κ3) is 32.5. The molecule has 19 heteroatoms. The second-order valence-corrected chi connectivity index (χ2v) is 23.9. The summed E-state index contributed by atoms with van der Waals surface area (Å²) in [5, 5.41) is 120. The maximum absolute atomic E-state index is 13.2. The van der Waals surface area contributed by atoms with E-state index in [1.54, 1.807) is 0 Å². The van der Waals surface area contributed by atoms with Crippen LogP contribution in [0.4, 0.5) is 0 Å². The number of hydrogen-bond acceptors (Lipinski definition) is 18. The van der Waals surface area contributed by atoms with E-state index in [2.05, 4.69) is 104 Å². The summed E-state index contributed by atoms with van der Waals surface area (Å²) >= 11 is 0. The van der Waals surface area contributed by atoms with Gasteiger partial charge in [-0.3, -0.25) is 4.79 Å². The first-order chi connectivity index (χ1) is 42.8. The van der Waals surface area contributed by atoms with Crippen molar-refractivity contribution in [2.45, 2.75) is 317 Å². The van der Waals surface area contributed by atoms with Crippen molar-refractivity contribution in [3.05, 3.63) is 85.1 Å². The van der Waals surface area contributed by atoms with E-state index in [1.165, 1.54) is 89.9 Å². The van der Waals surface area contributed by atoms with E-state index in [-0.39, 0.29) is 18.9 Å². The SMILES string of the molecule is CC/C=C\C/C=C\C/C=C\C/C=C\C/C=C\C/C=C\C/C=C\CCCCCCCCCCCCCCCCCCCC(=O)NC(COC1OC(CO)C(OC2OC(CO)C(OC3OC(CO)C(O)C(O)C3O)C(O)C2O)C(O)C1O)C(O)CCCCCC. The Morgan fingerprint density at radius 3 is 1.22 bits per heavy atom. The average molecular weight is 1250 g/mol. The summed E-state index contributed by atoms with van der Waals surface area (Å²) in [6.45, 7) is 1.52. The molecule has 0 radical (unpaired) electrons. The highest BCUT2D eigenvalue weighted by Gasteiger charge is 2.53. The number of unbranched alkanes of at least 4 members (excludes halogenated alkanes) is 20. The highest BCUT2D eigenvalue weighted by Crippen LogP contribution is 2.33. The minimum absolute atomic E-state index is 0.254. The fraction of sp³-hybridized carbons (Fsp3) is 0.783. The predicted molar refractivity (Wildman–Crippen MR) is 341 cm³/mol. The molecule has 17 atom stereocenters. The fourth-order valence-corrected chi connectivity index (χ4v) is 11.0. The molecule has 508 valence electrons. The molecule has 0 aliphatic carbocycles. The molecule has 88 heavy (non-hydrogen) atoms. The maximum Gasteiger partial charge on any atom is 0.220 e. The van der Waals surface area contributed by atoms with Crippen LogP contribution in [0.1, 0.15) is 213 Å². The molecule has 12 N–H and O–H groups in total. The van der Waals surface area contributed by atoms with Crippen molar-refractivity contribution < 1.29 is 89.4 Å². The van der Waals surface area contributed by atoms with E-state index >= 15 is 0 Å². The highest BCUT2D eigenvalue weighted by molar-refractivity contribution is 5.76. The summed E-state index contributed by atoms with van der Waals surface area (Å²) in [7, 11) is 0. The van der Waals surface area contributed by atoms with Crippen LogP contribution in [0.15, 0.2) is 85.1 Å². The molecule has 3 heterocycles. The molecule has 3 rings (SSSR count). The zero-order valence-corrected chi connectivity index (χ0v) is 53.4. The van der Waals surface area contributed by atoms with Gasteiger partial charge in [0.1, 0.15) is 73.2 Å². The second kappa shape index (κ2) is 50.5. The molecule has 0 aromatic carbocycles. The third-order valence-corrected chi connectivity index (χ3v) is 16.5. The Hall–Kier alpha value is -3.03. The van der Waals surface area contributed by atoms with Crippen molar-refractivity contribution in [3.63, 3.8) is 0 Å². The molecule has 17 unspecified atom stereocenters. The molecule has 3 aliphatic rings. The minimum Gasteiger partial charge on any atom is -0.394 e. The lowest BCUT2D eigenvalue weighted by atomic mass is 9.96. The van der Waals surface area contributed by atoms with Gasteiger partial charge in [0.15, 0.2) is 18.9 Å². The van der Waals surface area contributed by atoms with E-state index in [1.807, 2.05) is 0 Å². The minimum atomic E-state index is -1.97. The van der Waals surface area contributed by atoms with Crippen LogP contribution >= 0.6 is 0 Å². The van der Waals surface area contributed by atoms with Gasteiger partial charge in [-0.25, -0.2) is 0 Å². The second-order valence-electron chi connectivity index (χ2n) is 23.9. The van der Waals surface area contributed by atoms with E-state index in [0.29, 0.717) is 19.3 Å². The Labute approximate surface area is 527 Å². The number of aliphatic hydroxyl groups excluding tert-OH is 11. The van der Waals surface area contributed by atoms with Gasteiger partial charge in [-0.2, -0.15) is 0 Å². The first-order valence-electron chi connectivity index (χ1n) is 33.8. The van der Waals surface area contributed by atoms with Gasteiger partial charge in [-0.05, 0) is 70.6 Å². The molecule has 19 nitrogen and oxygen atoms in total. The number of hydrogen-bond donors (Lipinski definition) is 12. The molecular formula is C69H119NO18. The maximum atomic E-state index is 13.2. The van der Waals surface area contributed by atoms with E-state index in [9.17, 15) is 61.0 Å². The van der Waals surface area contributed by atoms with Gasteiger partial charge in [-0.15, -0.1) is 0 Å². The highest BCUT2D eigenvalue weighted by atomic mass is 16.8. The van der Waals surface area contributed by atoms with Gasteiger partial charge in [0.25, 0.3) is 0 Å². The lowest BCUT2D eigenvalue weighted by molar-refractivity contribution is -0.379. The Morgan fingerprint density at radius 2 is 0.784 bits per heavy atom. The van der Waals surface area contributed by atoms with Crippen molar-refractivity contribution in [1.82, 2.24) is 5.32 Å². The summed E-state index contributed by atoms with van der Waals surface area (Å²) in [4.78, 5) is 13.2. The van der Waals surface area contributed by atoms with E-state index in [4.69, 9.17) is 28.4 Å². The largest absolute Gasteiger partial charge is 0.394 e. The van der Waals surface area contributed by atoms with Crippen LogP contribution in [-0.2, 0) is 33.2 Å². The van der Waals surface area contributed by atoms with Crippen LogP contribution in [0, 0.1) is 0 Å². The topological polar surface area (TPSA) is 307 Å². The van der Waals surface area contributed by atoms with Crippen molar-refractivity contribution >= 4 is 5.91 Å². The van der Waals surface area contributed by atoms with Crippen molar-refractivity contribution in [1.29, 1.82) is 0 Å². The molecule has 3 aliphatic heterocycles. The monoisotopic (exact) mass is 1250 g/mol. The number of allylic oxidation sites excluding steroid dienone is 14. The van der Waals surface area contributed by atoms with Crippen LogP contribution in [0.3, 0.4) is 0 Å². The number of rotatable bonds is 50. The summed E-state index contributed by atoms with van der Waals surface area (Å²) in [5.74, 6) is -0.254. The molecular weight excluding hydrogens is 1130 g/mol. The number of aliphatic hydroxyl groups is 11. The van der Waals surface area contributed by atoms with Gasteiger partial charge in [-0.1, -0.05) is 221 Å². The fourth-order valence-electron chi connectivity index (χ4n) is 11.0. The predicted octanol–water partition coefficient (Wildman–Crippen LogP) is 8.32. The molecule has 0 bridgehead atoms. The zero-order chi connectivity index (χ0) is 64.0. The Morgan fingerprint density at radius 1 is 0.420 bits per heavy atom. The lowest BCUT2D eigenvalue weighted by Gasteiger charge is -2.48. The van der Waals surface area contributed by atoms with Crippen LogP contribution < -0.4 is 5.32 Å². The molecule has 1 amide bonds. The summed E-state index contributed by atoms with van der Waals surface area (Å²) < 4.78 is 34.1. The average Bonchev–Trinajstić information content (AvgIpc) is 1.13. The first-order valence-corrected chi connectivity index (χ1v) is 33.8. The quantitative estimate of drug-likeness (QED) is 0.0201. The zero-order valence-electron chi connectivity index (χ0n) is 53.4. The van der Waals surface area contributed by atoms with Gasteiger partial charge in [0, 0.05) is 6.42 Å². The van der Waals surface area contributed by atoms with Crippen molar-refractivity contribution in [3.8, 4) is 0 Å². The normalized spacial score (nSPS) is 28.9. The van der Waals surface area contributed by atoms with Gasteiger partial charge in [0.05, 0.1) is 38.6 Å². The van der Waals surface area contributed by atoms with Gasteiger partial charge >= 0.3 is 0 Å². The Balaban J connectivity index is 1.22. The smallest absolute Gasteiger partial charge is 0.220 e. The molecule has 0 aromatic heterocycles. The number of nitrogens with one attached hydrogen (secondary N) is 1. The van der Waals surface area contributed by atoms with Crippen LogP contribution in [0.25, 0.3) is 0 Å². The van der Waals surface area contributed by atoms with Crippen LogP contribution in [0.2, 0.25) is 0 Å². The number of carbonyl (C=O) groups excluding carboxylic acids is 1. The molecule has 0 spiro atoms. The Bertz CT molecular complexity index is 1930. The van der Waals surface area contributed by atoms with E-state index in [0.717, 1.165) is 83.5 Å². The molecule has 0 aromatic rings. The molecule has 0 saturated carbocycles. The lowest BCUT2D eigenvalue weighted by Crippen LogP contribution is -2.66. The first kappa shape index (κ1) is 79.2. The number of amides is 1. The summed E-state index contributed by atoms with van der Waals surface area (Å²) in [6.07, 6.45) is 38.0. The van der Waals surface area contributed by atoms with Crippen LogP contribution in [0.5, 0.6) is 0 Å². The Kier molecular flexibility index (Phi) is 45.5. The van der Waals surface area contributed by atoms with Gasteiger partial charge in [0.2, 0.25) is 5.91 Å². The molecule has 3 fully saturated rings. The van der Waals surface area contributed by atoms with Crippen molar-refractivity contribution in [2.24, 2.45) is 0 Å². The summed E-state index contributed by atoms with van der Waals surface area (Å²) in [6, 6.07) is -0.885. The van der Waals surface area contributed by atoms with Crippen LogP contribution in [-0.4, -0.2) is 193 Å². The third-order valence-electron chi connectivity index (χ3n) is 16.5.